The third-order valence-electron chi connectivity index (χ3n) is 3.70. The Kier molecular flexibility index (Phi) is 7.52. The van der Waals surface area contributed by atoms with Crippen LogP contribution in [0.15, 0.2) is 36.4 Å². The minimum absolute atomic E-state index is 0.125. The van der Waals surface area contributed by atoms with Crippen LogP contribution in [-0.4, -0.2) is 39.6 Å². The fraction of sp³-hybridized carbons (Fsp3) is 0.333. The van der Waals surface area contributed by atoms with Crippen molar-refractivity contribution in [2.75, 3.05) is 24.7 Å². The maximum absolute atomic E-state index is 12.2. The normalized spacial score (nSPS) is 11.2. The fourth-order valence-electron chi connectivity index (χ4n) is 2.39. The highest BCUT2D eigenvalue weighted by atomic mass is 32.2. The Morgan fingerprint density at radius 2 is 1.85 bits per heavy atom. The fourth-order valence-corrected chi connectivity index (χ4v) is 3.78. The minimum atomic E-state index is -3.22. The second-order valence-electron chi connectivity index (χ2n) is 5.92. The molecule has 0 bridgehead atoms. The number of hydrogen-bond donors (Lipinski definition) is 3. The van der Waals surface area contributed by atoms with Crippen LogP contribution in [0.25, 0.3) is 0 Å². The van der Waals surface area contributed by atoms with Crippen molar-refractivity contribution >= 4 is 38.9 Å². The van der Waals surface area contributed by atoms with Gasteiger partial charge in [-0.3, -0.25) is 9.59 Å². The van der Waals surface area contributed by atoms with Crippen molar-refractivity contribution in [2.45, 2.75) is 19.8 Å². The number of benzene rings is 1. The molecule has 0 spiro atoms. The highest BCUT2D eigenvalue weighted by Crippen LogP contribution is 2.17. The SMILES string of the molecule is CCc1ccccc1NC(=O)CNC(=O)c1ccc(CCNS(C)(=O)=O)s1. The van der Waals surface area contributed by atoms with Crippen molar-refractivity contribution in [3.05, 3.63) is 51.7 Å². The van der Waals surface area contributed by atoms with Gasteiger partial charge in [-0.1, -0.05) is 25.1 Å². The van der Waals surface area contributed by atoms with E-state index in [0.717, 1.165) is 28.8 Å². The molecule has 0 saturated heterocycles. The van der Waals surface area contributed by atoms with Gasteiger partial charge < -0.3 is 10.6 Å². The molecule has 2 aromatic rings. The van der Waals surface area contributed by atoms with Gasteiger partial charge in [0.1, 0.15) is 0 Å². The lowest BCUT2D eigenvalue weighted by molar-refractivity contribution is -0.115. The molecule has 27 heavy (non-hydrogen) atoms. The number of thiophene rings is 1. The van der Waals surface area contributed by atoms with Crippen molar-refractivity contribution < 1.29 is 18.0 Å². The summed E-state index contributed by atoms with van der Waals surface area (Å²) in [6.45, 7) is 2.16. The summed E-state index contributed by atoms with van der Waals surface area (Å²) in [6.07, 6.45) is 2.40. The van der Waals surface area contributed by atoms with Gasteiger partial charge >= 0.3 is 0 Å². The Hall–Kier alpha value is -2.23. The zero-order chi connectivity index (χ0) is 19.9. The Balaban J connectivity index is 1.82. The van der Waals surface area contributed by atoms with Crippen molar-refractivity contribution in [3.63, 3.8) is 0 Å². The number of hydrogen-bond acceptors (Lipinski definition) is 5. The number of anilines is 1. The smallest absolute Gasteiger partial charge is 0.261 e. The van der Waals surface area contributed by atoms with Gasteiger partial charge in [0.2, 0.25) is 15.9 Å². The summed E-state index contributed by atoms with van der Waals surface area (Å²) >= 11 is 1.27. The van der Waals surface area contributed by atoms with Crippen LogP contribution < -0.4 is 15.4 Å². The summed E-state index contributed by atoms with van der Waals surface area (Å²) in [5.41, 5.74) is 1.78. The number of sulfonamides is 1. The molecule has 0 aliphatic carbocycles. The molecule has 0 fully saturated rings. The van der Waals surface area contributed by atoms with Crippen LogP contribution in [0.1, 0.15) is 27.0 Å². The first-order valence-corrected chi connectivity index (χ1v) is 11.2. The number of para-hydroxylation sites is 1. The van der Waals surface area contributed by atoms with Gasteiger partial charge in [0, 0.05) is 17.1 Å². The van der Waals surface area contributed by atoms with E-state index >= 15 is 0 Å². The molecule has 1 heterocycles. The number of nitrogens with one attached hydrogen (secondary N) is 3. The standard InChI is InChI=1S/C18H23N3O4S2/c1-3-13-6-4-5-7-15(13)21-17(22)12-19-18(23)16-9-8-14(26-16)10-11-20-27(2,24)25/h4-9,20H,3,10-12H2,1-2H3,(H,19,23)(H,21,22). The van der Waals surface area contributed by atoms with Crippen molar-refractivity contribution in [2.24, 2.45) is 0 Å². The molecule has 0 aliphatic heterocycles. The number of amides is 2. The van der Waals surface area contributed by atoms with E-state index in [-0.39, 0.29) is 24.9 Å². The lowest BCUT2D eigenvalue weighted by Crippen LogP contribution is -2.32. The van der Waals surface area contributed by atoms with Gasteiger partial charge in [0.15, 0.2) is 0 Å². The molecule has 2 rings (SSSR count). The Morgan fingerprint density at radius 3 is 2.56 bits per heavy atom. The molecule has 3 N–H and O–H groups in total. The summed E-state index contributed by atoms with van der Waals surface area (Å²) in [6, 6.07) is 11.0. The Bertz CT molecular complexity index is 907. The van der Waals surface area contributed by atoms with E-state index in [4.69, 9.17) is 0 Å². The van der Waals surface area contributed by atoms with Crippen molar-refractivity contribution in [1.82, 2.24) is 10.0 Å². The molecular weight excluding hydrogens is 386 g/mol. The molecule has 0 unspecified atom stereocenters. The second kappa shape index (κ2) is 9.63. The van der Waals surface area contributed by atoms with Gasteiger partial charge in [0.25, 0.3) is 5.91 Å². The number of rotatable bonds is 9. The summed E-state index contributed by atoms with van der Waals surface area (Å²) < 4.78 is 24.5. The average Bonchev–Trinajstić information content (AvgIpc) is 3.08. The maximum atomic E-state index is 12.2. The molecule has 2 amide bonds. The first kappa shape index (κ1) is 21.1. The second-order valence-corrected chi connectivity index (χ2v) is 8.93. The molecular formula is C18H23N3O4S2. The molecule has 0 saturated carbocycles. The van der Waals surface area contributed by atoms with Crippen molar-refractivity contribution in [1.29, 1.82) is 0 Å². The van der Waals surface area contributed by atoms with Gasteiger partial charge in [-0.2, -0.15) is 0 Å². The number of carbonyl (C=O) groups is 2. The zero-order valence-electron chi connectivity index (χ0n) is 15.2. The van der Waals surface area contributed by atoms with E-state index < -0.39 is 10.0 Å². The average molecular weight is 410 g/mol. The third kappa shape index (κ3) is 7.12. The van der Waals surface area contributed by atoms with E-state index in [1.165, 1.54) is 11.3 Å². The first-order chi connectivity index (χ1) is 12.8. The van der Waals surface area contributed by atoms with Gasteiger partial charge in [0.05, 0.1) is 17.7 Å². The zero-order valence-corrected chi connectivity index (χ0v) is 16.9. The van der Waals surface area contributed by atoms with E-state index in [9.17, 15) is 18.0 Å². The quantitative estimate of drug-likeness (QED) is 0.587. The van der Waals surface area contributed by atoms with E-state index in [2.05, 4.69) is 15.4 Å². The molecule has 7 nitrogen and oxygen atoms in total. The Morgan fingerprint density at radius 1 is 1.11 bits per heavy atom. The topological polar surface area (TPSA) is 104 Å². The van der Waals surface area contributed by atoms with Crippen molar-refractivity contribution in [3.8, 4) is 0 Å². The molecule has 146 valence electrons. The molecule has 0 aliphatic rings. The largest absolute Gasteiger partial charge is 0.342 e. The van der Waals surface area contributed by atoms with E-state index in [1.807, 2.05) is 31.2 Å². The van der Waals surface area contributed by atoms with Crippen LogP contribution in [-0.2, 0) is 27.7 Å². The summed E-state index contributed by atoms with van der Waals surface area (Å²) in [4.78, 5) is 25.6. The highest BCUT2D eigenvalue weighted by molar-refractivity contribution is 7.88. The van der Waals surface area contributed by atoms with Crippen LogP contribution in [0.2, 0.25) is 0 Å². The van der Waals surface area contributed by atoms with Crippen LogP contribution in [0.4, 0.5) is 5.69 Å². The maximum Gasteiger partial charge on any atom is 0.261 e. The summed E-state index contributed by atoms with van der Waals surface area (Å²) in [5.74, 6) is -0.625. The lowest BCUT2D eigenvalue weighted by Gasteiger charge is -2.10. The third-order valence-corrected chi connectivity index (χ3v) is 5.58. The lowest BCUT2D eigenvalue weighted by atomic mass is 10.1. The predicted molar refractivity (Wildman–Crippen MR) is 108 cm³/mol. The summed E-state index contributed by atoms with van der Waals surface area (Å²) in [7, 11) is -3.22. The number of carbonyl (C=O) groups excluding carboxylic acids is 2. The Labute approximate surface area is 163 Å². The van der Waals surface area contributed by atoms with Gasteiger partial charge in [-0.25, -0.2) is 13.1 Å². The molecule has 1 aromatic carbocycles. The van der Waals surface area contributed by atoms with Crippen LogP contribution in [0, 0.1) is 0 Å². The molecule has 1 aromatic heterocycles. The van der Waals surface area contributed by atoms with Gasteiger partial charge in [-0.15, -0.1) is 11.3 Å². The van der Waals surface area contributed by atoms with Crippen LogP contribution >= 0.6 is 11.3 Å². The molecule has 0 atom stereocenters. The predicted octanol–water partition coefficient (Wildman–Crippen LogP) is 1.77. The number of aryl methyl sites for hydroxylation is 1. The van der Waals surface area contributed by atoms with Gasteiger partial charge in [-0.05, 0) is 36.6 Å². The van der Waals surface area contributed by atoms with Crippen LogP contribution in [0.3, 0.4) is 0 Å². The minimum Gasteiger partial charge on any atom is -0.342 e. The molecule has 9 heteroatoms. The molecule has 0 radical (unpaired) electrons. The van der Waals surface area contributed by atoms with E-state index in [0.29, 0.717) is 11.3 Å². The highest BCUT2D eigenvalue weighted by Gasteiger charge is 2.12. The first-order valence-electron chi connectivity index (χ1n) is 8.48. The van der Waals surface area contributed by atoms with Crippen LogP contribution in [0.5, 0.6) is 0 Å². The van der Waals surface area contributed by atoms with E-state index in [1.54, 1.807) is 12.1 Å². The summed E-state index contributed by atoms with van der Waals surface area (Å²) in [5, 5.41) is 5.40. The monoisotopic (exact) mass is 409 g/mol.